The molecule has 0 bridgehead atoms. The number of ketones is 1. The first-order chi connectivity index (χ1) is 9.02. The summed E-state index contributed by atoms with van der Waals surface area (Å²) in [6.45, 7) is 3.34. The molecule has 100 valence electrons. The van der Waals surface area contributed by atoms with Gasteiger partial charge in [-0.3, -0.25) is 10.2 Å². The molecule has 1 aliphatic rings. The third kappa shape index (κ3) is 2.77. The number of carbonyl (C=O) groups is 1. The van der Waals surface area contributed by atoms with Gasteiger partial charge < -0.3 is 5.32 Å². The van der Waals surface area contributed by atoms with Gasteiger partial charge in [0.2, 0.25) is 5.96 Å². The molecule has 0 saturated carbocycles. The molecule has 0 radical (unpaired) electrons. The number of nitrogens with zero attached hydrogens (tertiary/aromatic N) is 1. The van der Waals surface area contributed by atoms with E-state index in [2.05, 4.69) is 15.7 Å². The standard InChI is InChI=1S/C13H15ClN4O/c1-7-11(8(2)19)12(17-13(16-7)18-15)9-4-3-5-10(14)6-9/h3-6,12H,15H2,1-2H3,(H2,16,17,18). The van der Waals surface area contributed by atoms with E-state index in [4.69, 9.17) is 17.4 Å². The van der Waals surface area contributed by atoms with Gasteiger partial charge in [-0.2, -0.15) is 0 Å². The number of rotatable bonds is 2. The fourth-order valence-corrected chi connectivity index (χ4v) is 2.32. The van der Waals surface area contributed by atoms with E-state index >= 15 is 0 Å². The van der Waals surface area contributed by atoms with Crippen molar-refractivity contribution >= 4 is 23.3 Å². The Hall–Kier alpha value is -1.85. The van der Waals surface area contributed by atoms with Gasteiger partial charge in [-0.15, -0.1) is 0 Å². The van der Waals surface area contributed by atoms with E-state index in [9.17, 15) is 4.79 Å². The monoisotopic (exact) mass is 278 g/mol. The zero-order chi connectivity index (χ0) is 14.0. The van der Waals surface area contributed by atoms with Gasteiger partial charge >= 0.3 is 0 Å². The highest BCUT2D eigenvalue weighted by atomic mass is 35.5. The van der Waals surface area contributed by atoms with Crippen LogP contribution in [0.25, 0.3) is 0 Å². The summed E-state index contributed by atoms with van der Waals surface area (Å²) in [6.07, 6.45) is 0. The molecule has 6 heteroatoms. The third-order valence-electron chi connectivity index (χ3n) is 2.92. The van der Waals surface area contributed by atoms with Crippen molar-refractivity contribution in [3.8, 4) is 0 Å². The minimum Gasteiger partial charge on any atom is -0.329 e. The maximum atomic E-state index is 11.8. The van der Waals surface area contributed by atoms with Gasteiger partial charge in [0, 0.05) is 16.3 Å². The molecule has 0 spiro atoms. The maximum Gasteiger partial charge on any atom is 0.210 e. The molecule has 1 aliphatic heterocycles. The highest BCUT2D eigenvalue weighted by Crippen LogP contribution is 2.31. The zero-order valence-electron chi connectivity index (χ0n) is 10.7. The van der Waals surface area contributed by atoms with Gasteiger partial charge in [-0.25, -0.2) is 10.8 Å². The van der Waals surface area contributed by atoms with Crippen molar-refractivity contribution in [1.82, 2.24) is 10.7 Å². The number of allylic oxidation sites excluding steroid dienone is 1. The summed E-state index contributed by atoms with van der Waals surface area (Å²) in [4.78, 5) is 16.2. The molecule has 0 aromatic heterocycles. The molecule has 1 atom stereocenters. The summed E-state index contributed by atoms with van der Waals surface area (Å²) in [7, 11) is 0. The number of benzene rings is 1. The Bertz CT molecular complexity index is 580. The van der Waals surface area contributed by atoms with E-state index in [1.165, 1.54) is 6.92 Å². The summed E-state index contributed by atoms with van der Waals surface area (Å²) in [5, 5.41) is 3.56. The third-order valence-corrected chi connectivity index (χ3v) is 3.16. The Morgan fingerprint density at radius 2 is 2.26 bits per heavy atom. The highest BCUT2D eigenvalue weighted by Gasteiger charge is 2.26. The summed E-state index contributed by atoms with van der Waals surface area (Å²) in [6, 6.07) is 6.89. The van der Waals surface area contributed by atoms with Crippen molar-refractivity contribution < 1.29 is 4.79 Å². The first kappa shape index (κ1) is 13.6. The number of carbonyl (C=O) groups excluding carboxylic acids is 1. The lowest BCUT2D eigenvalue weighted by atomic mass is 9.94. The van der Waals surface area contributed by atoms with Crippen molar-refractivity contribution in [3.05, 3.63) is 46.1 Å². The van der Waals surface area contributed by atoms with Crippen LogP contribution in [0.1, 0.15) is 25.5 Å². The number of aliphatic imine (C=N–C) groups is 1. The van der Waals surface area contributed by atoms with Crippen LogP contribution in [-0.4, -0.2) is 11.7 Å². The van der Waals surface area contributed by atoms with Gasteiger partial charge in [-0.1, -0.05) is 23.7 Å². The molecule has 0 amide bonds. The van der Waals surface area contributed by atoms with E-state index in [0.717, 1.165) is 11.3 Å². The van der Waals surface area contributed by atoms with Gasteiger partial charge in [0.1, 0.15) is 6.04 Å². The van der Waals surface area contributed by atoms with Gasteiger partial charge in [-0.05, 0) is 31.5 Å². The summed E-state index contributed by atoms with van der Waals surface area (Å²) in [5.74, 6) is 5.77. The Labute approximate surface area is 116 Å². The molecule has 4 N–H and O–H groups in total. The second-order valence-electron chi connectivity index (χ2n) is 4.30. The van der Waals surface area contributed by atoms with E-state index in [1.54, 1.807) is 12.1 Å². The lowest BCUT2D eigenvalue weighted by Crippen LogP contribution is -2.44. The molecule has 5 nitrogen and oxygen atoms in total. The minimum atomic E-state index is -0.400. The topological polar surface area (TPSA) is 79.5 Å². The molecule has 2 rings (SSSR count). The van der Waals surface area contributed by atoms with Crippen LogP contribution in [0, 0.1) is 0 Å². The van der Waals surface area contributed by atoms with Crippen molar-refractivity contribution in [2.24, 2.45) is 10.8 Å². The second-order valence-corrected chi connectivity index (χ2v) is 4.74. The summed E-state index contributed by atoms with van der Waals surface area (Å²) < 4.78 is 0. The number of halogens is 1. The Kier molecular flexibility index (Phi) is 3.87. The predicted molar refractivity (Wildman–Crippen MR) is 75.5 cm³/mol. The Morgan fingerprint density at radius 1 is 1.53 bits per heavy atom. The number of Topliss-reactive ketones (excluding diaryl/α,β-unsaturated/α-hetero) is 1. The summed E-state index contributed by atoms with van der Waals surface area (Å²) in [5.41, 5.74) is 4.67. The molecule has 1 unspecified atom stereocenters. The van der Waals surface area contributed by atoms with Gasteiger partial charge in [0.05, 0.1) is 0 Å². The van der Waals surface area contributed by atoms with Crippen molar-refractivity contribution in [2.75, 3.05) is 0 Å². The van der Waals surface area contributed by atoms with Crippen LogP contribution in [0.4, 0.5) is 0 Å². The summed E-state index contributed by atoms with van der Waals surface area (Å²) >= 11 is 5.99. The highest BCUT2D eigenvalue weighted by molar-refractivity contribution is 6.30. The number of guanidine groups is 1. The van der Waals surface area contributed by atoms with Gasteiger partial charge in [0.25, 0.3) is 0 Å². The second kappa shape index (κ2) is 5.42. The molecule has 1 heterocycles. The van der Waals surface area contributed by atoms with Crippen LogP contribution in [0.3, 0.4) is 0 Å². The van der Waals surface area contributed by atoms with Crippen LogP contribution >= 0.6 is 11.6 Å². The molecule has 0 saturated heterocycles. The molecule has 19 heavy (non-hydrogen) atoms. The first-order valence-corrected chi connectivity index (χ1v) is 6.19. The number of hydrogen-bond donors (Lipinski definition) is 3. The van der Waals surface area contributed by atoms with Crippen LogP contribution in [0.5, 0.6) is 0 Å². The molecule has 1 aromatic rings. The minimum absolute atomic E-state index is 0.0326. The molecule has 0 aliphatic carbocycles. The average molecular weight is 279 g/mol. The number of nitrogens with two attached hydrogens (primary N) is 1. The lowest BCUT2D eigenvalue weighted by Gasteiger charge is -2.25. The molecule has 1 aromatic carbocycles. The first-order valence-electron chi connectivity index (χ1n) is 5.81. The fourth-order valence-electron chi connectivity index (χ4n) is 2.12. The van der Waals surface area contributed by atoms with Crippen molar-refractivity contribution in [1.29, 1.82) is 0 Å². The SMILES string of the molecule is CC(=O)C1=C(C)NC(NN)=NC1c1cccc(Cl)c1. The van der Waals surface area contributed by atoms with E-state index in [1.807, 2.05) is 19.1 Å². The Morgan fingerprint density at radius 3 is 2.84 bits per heavy atom. The average Bonchev–Trinajstić information content (AvgIpc) is 2.37. The largest absolute Gasteiger partial charge is 0.329 e. The van der Waals surface area contributed by atoms with E-state index < -0.39 is 6.04 Å². The van der Waals surface area contributed by atoms with Crippen LogP contribution in [0.15, 0.2) is 40.5 Å². The van der Waals surface area contributed by atoms with Crippen LogP contribution in [0.2, 0.25) is 5.02 Å². The van der Waals surface area contributed by atoms with Gasteiger partial charge in [0.15, 0.2) is 5.78 Å². The number of hydrazine groups is 1. The van der Waals surface area contributed by atoms with Crippen molar-refractivity contribution in [2.45, 2.75) is 19.9 Å². The van der Waals surface area contributed by atoms with Crippen molar-refractivity contribution in [3.63, 3.8) is 0 Å². The van der Waals surface area contributed by atoms with Crippen LogP contribution in [-0.2, 0) is 4.79 Å². The lowest BCUT2D eigenvalue weighted by molar-refractivity contribution is -0.114. The van der Waals surface area contributed by atoms with E-state index in [-0.39, 0.29) is 5.78 Å². The number of hydrogen-bond acceptors (Lipinski definition) is 5. The predicted octanol–water partition coefficient (Wildman–Crippen LogP) is 1.67. The maximum absolute atomic E-state index is 11.8. The molecule has 0 fully saturated rings. The number of nitrogens with one attached hydrogen (secondary N) is 2. The Balaban J connectivity index is 2.51. The normalized spacial score (nSPS) is 18.7. The zero-order valence-corrected chi connectivity index (χ0v) is 11.5. The van der Waals surface area contributed by atoms with Crippen LogP contribution < -0.4 is 16.6 Å². The fraction of sp³-hybridized carbons (Fsp3) is 0.231. The quantitative estimate of drug-likeness (QED) is 0.568. The molecular formula is C13H15ClN4O. The smallest absolute Gasteiger partial charge is 0.210 e. The molecular weight excluding hydrogens is 264 g/mol. The van der Waals surface area contributed by atoms with E-state index in [0.29, 0.717) is 16.6 Å².